The van der Waals surface area contributed by atoms with Gasteiger partial charge >= 0.3 is 12.4 Å². The van der Waals surface area contributed by atoms with E-state index in [1.807, 2.05) is 0 Å². The van der Waals surface area contributed by atoms with E-state index < -0.39 is 35.1 Å². The highest BCUT2D eigenvalue weighted by Gasteiger charge is 2.37. The second-order valence-corrected chi connectivity index (χ2v) is 6.30. The lowest BCUT2D eigenvalue weighted by atomic mass is 10.1. The van der Waals surface area contributed by atoms with Crippen LogP contribution in [0.4, 0.5) is 32.0 Å². The van der Waals surface area contributed by atoms with Crippen molar-refractivity contribution in [3.8, 4) is 0 Å². The van der Waals surface area contributed by atoms with Crippen LogP contribution in [0.1, 0.15) is 27.3 Å². The molecule has 0 saturated carbocycles. The van der Waals surface area contributed by atoms with Gasteiger partial charge in [0.25, 0.3) is 5.91 Å². The minimum Gasteiger partial charge on any atom is -0.321 e. The molecule has 4 nitrogen and oxygen atoms in total. The maximum atomic E-state index is 13.0. The second-order valence-electron chi connectivity index (χ2n) is 5.87. The summed E-state index contributed by atoms with van der Waals surface area (Å²) >= 11 is 5.84. The Labute approximate surface area is 158 Å². The summed E-state index contributed by atoms with van der Waals surface area (Å²) in [5.74, 6) is -0.917. The topological polar surface area (TPSA) is 46.4 Å². The number of imidazole rings is 1. The highest BCUT2D eigenvalue weighted by atomic mass is 35.5. The van der Waals surface area contributed by atoms with Crippen molar-refractivity contribution in [2.75, 3.05) is 5.32 Å². The van der Waals surface area contributed by atoms with E-state index >= 15 is 0 Å². The van der Waals surface area contributed by atoms with Gasteiger partial charge in [-0.15, -0.1) is 0 Å². The summed E-state index contributed by atoms with van der Waals surface area (Å²) in [6.45, 7) is 1.48. The third-order valence-electron chi connectivity index (χ3n) is 3.82. The van der Waals surface area contributed by atoms with Crippen LogP contribution < -0.4 is 5.32 Å². The number of nitrogens with one attached hydrogen (secondary N) is 1. The molecule has 28 heavy (non-hydrogen) atoms. The van der Waals surface area contributed by atoms with Crippen LogP contribution in [0.15, 0.2) is 36.5 Å². The highest BCUT2D eigenvalue weighted by Crippen LogP contribution is 2.37. The molecule has 0 saturated heterocycles. The zero-order chi connectivity index (χ0) is 20.9. The number of nitrogens with zero attached hydrogens (tertiary/aromatic N) is 2. The molecule has 1 amide bonds. The fourth-order valence-electron chi connectivity index (χ4n) is 2.63. The van der Waals surface area contributed by atoms with Gasteiger partial charge in [-0.3, -0.25) is 9.20 Å². The van der Waals surface area contributed by atoms with Gasteiger partial charge in [-0.1, -0.05) is 11.6 Å². The van der Waals surface area contributed by atoms with Gasteiger partial charge in [0.15, 0.2) is 0 Å². The summed E-state index contributed by atoms with van der Waals surface area (Å²) in [6, 6.07) is 3.76. The first kappa shape index (κ1) is 20.0. The van der Waals surface area contributed by atoms with Gasteiger partial charge in [-0.25, -0.2) is 4.98 Å². The Bertz CT molecular complexity index is 1040. The molecular weight excluding hydrogens is 412 g/mol. The molecule has 0 aliphatic rings. The quantitative estimate of drug-likeness (QED) is 0.549. The van der Waals surface area contributed by atoms with E-state index in [4.69, 9.17) is 11.6 Å². The number of benzene rings is 1. The van der Waals surface area contributed by atoms with E-state index in [9.17, 15) is 31.1 Å². The molecule has 3 rings (SSSR count). The number of hydrogen-bond donors (Lipinski definition) is 1. The largest absolute Gasteiger partial charge is 0.416 e. The number of hydrogen-bond acceptors (Lipinski definition) is 2. The minimum absolute atomic E-state index is 0.0167. The Balaban J connectivity index is 2.04. The molecule has 0 bridgehead atoms. The summed E-state index contributed by atoms with van der Waals surface area (Å²) in [6.07, 6.45) is -8.62. The van der Waals surface area contributed by atoms with Crippen LogP contribution in [0.2, 0.25) is 5.02 Å². The van der Waals surface area contributed by atoms with Crippen LogP contribution in [-0.4, -0.2) is 15.3 Å². The molecular formula is C17H10ClF6N3O. The summed E-state index contributed by atoms with van der Waals surface area (Å²) in [5.41, 5.74) is -3.22. The van der Waals surface area contributed by atoms with E-state index in [0.717, 1.165) is 0 Å². The van der Waals surface area contributed by atoms with Crippen molar-refractivity contribution in [3.05, 3.63) is 64.1 Å². The third-order valence-corrected chi connectivity index (χ3v) is 4.06. The van der Waals surface area contributed by atoms with Crippen molar-refractivity contribution in [1.82, 2.24) is 9.38 Å². The first-order valence-electron chi connectivity index (χ1n) is 7.61. The molecule has 3 aromatic rings. The Kier molecular flexibility index (Phi) is 4.78. The van der Waals surface area contributed by atoms with Gasteiger partial charge in [0, 0.05) is 23.0 Å². The molecule has 0 fully saturated rings. The monoisotopic (exact) mass is 421 g/mol. The van der Waals surface area contributed by atoms with Gasteiger partial charge in [-0.2, -0.15) is 26.3 Å². The lowest BCUT2D eigenvalue weighted by Gasteiger charge is -2.15. The first-order chi connectivity index (χ1) is 12.9. The molecule has 1 N–H and O–H groups in total. The third kappa shape index (κ3) is 3.91. The van der Waals surface area contributed by atoms with E-state index in [1.54, 1.807) is 0 Å². The van der Waals surface area contributed by atoms with Gasteiger partial charge < -0.3 is 5.32 Å². The maximum Gasteiger partial charge on any atom is 0.416 e. The summed E-state index contributed by atoms with van der Waals surface area (Å²) in [7, 11) is 0. The van der Waals surface area contributed by atoms with Crippen LogP contribution in [0.5, 0.6) is 0 Å². The van der Waals surface area contributed by atoms with E-state index in [0.29, 0.717) is 22.8 Å². The van der Waals surface area contributed by atoms with Crippen LogP contribution in [0.25, 0.3) is 5.65 Å². The lowest BCUT2D eigenvalue weighted by molar-refractivity contribution is -0.143. The van der Waals surface area contributed by atoms with Crippen molar-refractivity contribution in [1.29, 1.82) is 0 Å². The molecule has 2 heterocycles. The van der Waals surface area contributed by atoms with Gasteiger partial charge in [0.1, 0.15) is 11.3 Å². The van der Waals surface area contributed by atoms with Crippen molar-refractivity contribution in [2.45, 2.75) is 19.3 Å². The summed E-state index contributed by atoms with van der Waals surface area (Å²) < 4.78 is 79.0. The molecule has 148 valence electrons. The number of aryl methyl sites for hydroxylation is 1. The average Bonchev–Trinajstić information content (AvgIpc) is 2.87. The number of aromatic nitrogens is 2. The summed E-state index contributed by atoms with van der Waals surface area (Å²) in [5, 5.41) is 2.43. The Hall–Kier alpha value is -2.75. The number of rotatable bonds is 2. The Morgan fingerprint density at radius 2 is 1.61 bits per heavy atom. The number of alkyl halides is 6. The normalized spacial score (nSPS) is 12.4. The predicted octanol–water partition coefficient (Wildman–Crippen LogP) is 5.59. The lowest BCUT2D eigenvalue weighted by Crippen LogP contribution is -2.18. The minimum atomic E-state index is -5.02. The van der Waals surface area contributed by atoms with Crippen molar-refractivity contribution in [2.24, 2.45) is 0 Å². The fourth-order valence-corrected chi connectivity index (χ4v) is 2.78. The number of fused-ring (bicyclic) bond motifs is 1. The average molecular weight is 422 g/mol. The maximum absolute atomic E-state index is 13.0. The molecule has 0 spiro atoms. The molecule has 1 aromatic carbocycles. The molecule has 0 aliphatic heterocycles. The Morgan fingerprint density at radius 1 is 1.04 bits per heavy atom. The molecule has 0 radical (unpaired) electrons. The molecule has 0 aliphatic carbocycles. The van der Waals surface area contributed by atoms with Crippen molar-refractivity contribution >= 4 is 28.8 Å². The second kappa shape index (κ2) is 6.69. The van der Waals surface area contributed by atoms with Crippen LogP contribution >= 0.6 is 11.6 Å². The highest BCUT2D eigenvalue weighted by molar-refractivity contribution is 6.30. The van der Waals surface area contributed by atoms with Gasteiger partial charge in [0.05, 0.1) is 16.8 Å². The number of pyridine rings is 1. The molecule has 0 unspecified atom stereocenters. The van der Waals surface area contributed by atoms with Crippen LogP contribution in [0.3, 0.4) is 0 Å². The van der Waals surface area contributed by atoms with Gasteiger partial charge in [0.2, 0.25) is 0 Å². The number of carbonyl (C=O) groups excluding carboxylic acids is 1. The fraction of sp³-hybridized carbons (Fsp3) is 0.176. The number of carbonyl (C=O) groups is 1. The zero-order valence-corrected chi connectivity index (χ0v) is 14.7. The van der Waals surface area contributed by atoms with Crippen molar-refractivity contribution < 1.29 is 31.1 Å². The van der Waals surface area contributed by atoms with Crippen LogP contribution in [-0.2, 0) is 12.4 Å². The zero-order valence-electron chi connectivity index (χ0n) is 13.9. The van der Waals surface area contributed by atoms with Gasteiger partial charge in [-0.05, 0) is 31.2 Å². The van der Waals surface area contributed by atoms with E-state index in [-0.39, 0.29) is 17.5 Å². The summed E-state index contributed by atoms with van der Waals surface area (Å²) in [4.78, 5) is 16.7. The van der Waals surface area contributed by atoms with Crippen molar-refractivity contribution in [3.63, 3.8) is 0 Å². The van der Waals surface area contributed by atoms with Crippen LogP contribution in [0, 0.1) is 6.92 Å². The number of amides is 1. The molecule has 0 atom stereocenters. The molecule has 2 aromatic heterocycles. The smallest absolute Gasteiger partial charge is 0.321 e. The number of halogens is 7. The Morgan fingerprint density at radius 3 is 2.14 bits per heavy atom. The van der Waals surface area contributed by atoms with E-state index in [2.05, 4.69) is 10.3 Å². The predicted molar refractivity (Wildman–Crippen MR) is 89.3 cm³/mol. The SMILES string of the molecule is Cc1nc2cc(Cl)ccn2c1C(=O)Nc1cc(C(F)(F)F)cc(C(F)(F)F)c1. The first-order valence-corrected chi connectivity index (χ1v) is 7.99. The number of anilines is 1. The van der Waals surface area contributed by atoms with E-state index in [1.165, 1.54) is 29.7 Å². The standard InChI is InChI=1S/C17H10ClF6N3O/c1-8-14(27-3-2-11(18)7-13(27)25-8)15(28)26-12-5-9(16(19,20)21)4-10(6-12)17(22,23)24/h2-7H,1H3,(H,26,28). The molecule has 11 heteroatoms.